The summed E-state index contributed by atoms with van der Waals surface area (Å²) in [6.07, 6.45) is 0. The first-order chi connectivity index (χ1) is 13.9. The normalized spacial score (nSPS) is 11.0. The number of carbonyl (C=O) groups is 1. The number of hydrogen-bond donors (Lipinski definition) is 0. The molecule has 7 heteroatoms. The minimum atomic E-state index is -0.698. The van der Waals surface area contributed by atoms with Gasteiger partial charge in [-0.1, -0.05) is 41.6 Å². The fraction of sp³-hybridized carbons (Fsp3) is 0.136. The van der Waals surface area contributed by atoms with Crippen molar-refractivity contribution < 1.29 is 18.1 Å². The zero-order valence-electron chi connectivity index (χ0n) is 15.8. The Hall–Kier alpha value is -3.61. The van der Waals surface area contributed by atoms with Gasteiger partial charge in [-0.25, -0.2) is 13.8 Å². The molecule has 1 amide bonds. The lowest BCUT2D eigenvalue weighted by atomic mass is 10.0. The van der Waals surface area contributed by atoms with Crippen LogP contribution in [0.5, 0.6) is 0 Å². The van der Waals surface area contributed by atoms with Gasteiger partial charge >= 0.3 is 0 Å². The van der Waals surface area contributed by atoms with Crippen LogP contribution < -0.4 is 0 Å². The third-order valence-corrected chi connectivity index (χ3v) is 4.69. The van der Waals surface area contributed by atoms with Gasteiger partial charge < -0.3 is 9.42 Å². The molecule has 0 N–H and O–H groups in total. The van der Waals surface area contributed by atoms with E-state index in [1.807, 2.05) is 30.3 Å². The van der Waals surface area contributed by atoms with Gasteiger partial charge in [0.15, 0.2) is 0 Å². The second-order valence-electron chi connectivity index (χ2n) is 6.77. The zero-order chi connectivity index (χ0) is 20.5. The third-order valence-electron chi connectivity index (χ3n) is 4.69. The molecule has 0 unspecified atom stereocenters. The molecule has 146 valence electrons. The molecule has 0 bridgehead atoms. The molecule has 0 fully saturated rings. The smallest absolute Gasteiger partial charge is 0.259 e. The molecule has 0 aliphatic heterocycles. The van der Waals surface area contributed by atoms with Crippen LogP contribution in [0.2, 0.25) is 0 Å². The highest BCUT2D eigenvalue weighted by Gasteiger charge is 2.22. The highest BCUT2D eigenvalue weighted by molar-refractivity contribution is 6.06. The van der Waals surface area contributed by atoms with Crippen LogP contribution in [0.25, 0.3) is 22.4 Å². The summed E-state index contributed by atoms with van der Waals surface area (Å²) in [6.45, 7) is 1.71. The maximum Gasteiger partial charge on any atom is 0.259 e. The van der Waals surface area contributed by atoms with Crippen molar-refractivity contribution in [1.29, 1.82) is 0 Å². The Kier molecular flexibility index (Phi) is 4.80. The topological polar surface area (TPSA) is 59.2 Å². The quantitative estimate of drug-likeness (QED) is 0.502. The Morgan fingerprint density at radius 3 is 2.59 bits per heavy atom. The average molecular weight is 393 g/mol. The number of amides is 1. The molecule has 2 heterocycles. The minimum Gasteiger partial charge on any atom is -0.337 e. The van der Waals surface area contributed by atoms with E-state index in [1.165, 1.54) is 17.0 Å². The van der Waals surface area contributed by atoms with Gasteiger partial charge in [0.1, 0.15) is 11.6 Å². The highest BCUT2D eigenvalue weighted by Crippen LogP contribution is 2.28. The van der Waals surface area contributed by atoms with E-state index in [9.17, 15) is 13.6 Å². The average Bonchev–Trinajstić information content (AvgIpc) is 3.10. The number of benzene rings is 2. The molecule has 29 heavy (non-hydrogen) atoms. The van der Waals surface area contributed by atoms with E-state index < -0.39 is 11.6 Å². The lowest BCUT2D eigenvalue weighted by Gasteiger charge is -2.18. The summed E-state index contributed by atoms with van der Waals surface area (Å²) in [4.78, 5) is 19.0. The molecule has 2 aromatic heterocycles. The van der Waals surface area contributed by atoms with Crippen molar-refractivity contribution in [3.05, 3.63) is 83.1 Å². The van der Waals surface area contributed by atoms with Crippen LogP contribution in [0.4, 0.5) is 8.78 Å². The number of rotatable bonds is 4. The molecule has 0 aliphatic rings. The Balaban J connectivity index is 1.75. The van der Waals surface area contributed by atoms with Gasteiger partial charge in [-0.15, -0.1) is 0 Å². The van der Waals surface area contributed by atoms with Gasteiger partial charge in [0, 0.05) is 30.8 Å². The van der Waals surface area contributed by atoms with E-state index in [4.69, 9.17) is 4.52 Å². The molecule has 0 spiro atoms. The zero-order valence-corrected chi connectivity index (χ0v) is 15.8. The van der Waals surface area contributed by atoms with Gasteiger partial charge in [0.2, 0.25) is 0 Å². The second kappa shape index (κ2) is 7.43. The Morgan fingerprint density at radius 2 is 1.86 bits per heavy atom. The number of pyridine rings is 1. The minimum absolute atomic E-state index is 0.0141. The van der Waals surface area contributed by atoms with Gasteiger partial charge in [-0.2, -0.15) is 0 Å². The summed E-state index contributed by atoms with van der Waals surface area (Å²) in [5, 5.41) is 4.45. The number of fused-ring (bicyclic) bond motifs is 1. The van der Waals surface area contributed by atoms with Crippen LogP contribution in [-0.4, -0.2) is 28.0 Å². The molecular formula is C22H17F2N3O2. The molecule has 4 rings (SSSR count). The first kappa shape index (κ1) is 18.7. The predicted molar refractivity (Wildman–Crippen MR) is 104 cm³/mol. The van der Waals surface area contributed by atoms with Gasteiger partial charge in [-0.3, -0.25) is 4.79 Å². The van der Waals surface area contributed by atoms with Gasteiger partial charge in [0.05, 0.1) is 22.3 Å². The predicted octanol–water partition coefficient (Wildman–Crippen LogP) is 4.75. The van der Waals surface area contributed by atoms with Crippen LogP contribution in [0.1, 0.15) is 21.6 Å². The third kappa shape index (κ3) is 3.59. The number of halogens is 2. The monoisotopic (exact) mass is 393 g/mol. The summed E-state index contributed by atoms with van der Waals surface area (Å²) < 4.78 is 32.5. The summed E-state index contributed by atoms with van der Waals surface area (Å²) in [7, 11) is 1.56. The summed E-state index contributed by atoms with van der Waals surface area (Å²) in [5.74, 6) is -1.70. The lowest BCUT2D eigenvalue weighted by molar-refractivity contribution is 0.0785. The molecule has 0 saturated heterocycles. The number of aromatic nitrogens is 2. The first-order valence-electron chi connectivity index (χ1n) is 8.96. The standard InChI is InChI=1S/C22H17F2N3O2/c1-13-20-17(22(28)27(2)12-15-8-9-16(23)10-18(15)24)11-19(25-21(20)29-26-13)14-6-4-3-5-7-14/h3-11H,12H2,1-2H3. The fourth-order valence-corrected chi connectivity index (χ4v) is 3.20. The van der Waals surface area contributed by atoms with Crippen LogP contribution in [0.15, 0.2) is 59.1 Å². The molecule has 0 atom stereocenters. The van der Waals surface area contributed by atoms with Crippen LogP contribution in [0.3, 0.4) is 0 Å². The van der Waals surface area contributed by atoms with Crippen molar-refractivity contribution in [1.82, 2.24) is 15.0 Å². The first-order valence-corrected chi connectivity index (χ1v) is 8.96. The molecule has 0 aliphatic carbocycles. The lowest BCUT2D eigenvalue weighted by Crippen LogP contribution is -2.27. The van der Waals surface area contributed by atoms with E-state index >= 15 is 0 Å². The molecule has 5 nitrogen and oxygen atoms in total. The van der Waals surface area contributed by atoms with Crippen LogP contribution >= 0.6 is 0 Å². The van der Waals surface area contributed by atoms with Crippen molar-refractivity contribution in [3.63, 3.8) is 0 Å². The van der Waals surface area contributed by atoms with Crippen LogP contribution in [0, 0.1) is 18.6 Å². The van der Waals surface area contributed by atoms with Gasteiger partial charge in [0.25, 0.3) is 11.6 Å². The van der Waals surface area contributed by atoms with E-state index in [2.05, 4.69) is 10.1 Å². The maximum absolute atomic E-state index is 14.0. The second-order valence-corrected chi connectivity index (χ2v) is 6.77. The Labute approximate surface area is 165 Å². The number of hydrogen-bond acceptors (Lipinski definition) is 4. The number of nitrogens with zero attached hydrogens (tertiary/aromatic N) is 3. The van der Waals surface area contributed by atoms with Crippen molar-refractivity contribution in [2.45, 2.75) is 13.5 Å². The molecule has 0 saturated carbocycles. The maximum atomic E-state index is 14.0. The largest absolute Gasteiger partial charge is 0.337 e. The van der Waals surface area contributed by atoms with Crippen molar-refractivity contribution in [2.75, 3.05) is 7.05 Å². The SMILES string of the molecule is Cc1noc2nc(-c3ccccc3)cc(C(=O)N(C)Cc3ccc(F)cc3F)c12. The summed E-state index contributed by atoms with van der Waals surface area (Å²) >= 11 is 0. The molecule has 2 aromatic carbocycles. The van der Waals surface area contributed by atoms with E-state index in [-0.39, 0.29) is 23.7 Å². The molecular weight excluding hydrogens is 376 g/mol. The number of aryl methyl sites for hydroxylation is 1. The van der Waals surface area contributed by atoms with Crippen LogP contribution in [-0.2, 0) is 6.54 Å². The van der Waals surface area contributed by atoms with Crippen molar-refractivity contribution in [2.24, 2.45) is 0 Å². The highest BCUT2D eigenvalue weighted by atomic mass is 19.1. The molecule has 4 aromatic rings. The Bertz CT molecular complexity index is 1210. The van der Waals surface area contributed by atoms with E-state index in [0.29, 0.717) is 22.3 Å². The summed E-state index contributed by atoms with van der Waals surface area (Å²) in [5.41, 5.74) is 2.77. The number of carbonyl (C=O) groups excluding carboxylic acids is 1. The van der Waals surface area contributed by atoms with Crippen molar-refractivity contribution in [3.8, 4) is 11.3 Å². The molecule has 0 radical (unpaired) electrons. The fourth-order valence-electron chi connectivity index (χ4n) is 3.20. The van der Waals surface area contributed by atoms with Crippen molar-refractivity contribution >= 4 is 17.0 Å². The summed E-state index contributed by atoms with van der Waals surface area (Å²) in [6, 6.07) is 14.4. The Morgan fingerprint density at radius 1 is 1.10 bits per heavy atom. The van der Waals surface area contributed by atoms with E-state index in [1.54, 1.807) is 20.0 Å². The van der Waals surface area contributed by atoms with Gasteiger partial charge in [-0.05, 0) is 19.1 Å². The van der Waals surface area contributed by atoms with E-state index in [0.717, 1.165) is 11.6 Å².